The van der Waals surface area contributed by atoms with Crippen LogP contribution in [0.4, 0.5) is 0 Å². The zero-order valence-electron chi connectivity index (χ0n) is 15.8. The van der Waals surface area contributed by atoms with Crippen molar-refractivity contribution >= 4 is 18.1 Å². The molecule has 28 heavy (non-hydrogen) atoms. The third-order valence-corrected chi connectivity index (χ3v) is 3.95. The molecule has 3 rings (SSSR count). The summed E-state index contributed by atoms with van der Waals surface area (Å²) in [4.78, 5) is 16.5. The number of rotatable bonds is 7. The second-order valence-electron chi connectivity index (χ2n) is 5.87. The quantitative estimate of drug-likeness (QED) is 0.435. The fourth-order valence-electron chi connectivity index (χ4n) is 2.56. The van der Waals surface area contributed by atoms with Gasteiger partial charge in [-0.15, -0.1) is 0 Å². The van der Waals surface area contributed by atoms with E-state index >= 15 is 0 Å². The van der Waals surface area contributed by atoms with Gasteiger partial charge in [-0.25, -0.2) is 4.79 Å². The Labute approximate surface area is 164 Å². The normalized spacial score (nSPS) is 10.6. The van der Waals surface area contributed by atoms with Crippen LogP contribution < -0.4 is 14.2 Å². The highest BCUT2D eigenvalue weighted by Gasteiger charge is 2.13. The largest absolute Gasteiger partial charge is 0.497 e. The Balaban J connectivity index is 1.80. The molecule has 0 aliphatic carbocycles. The Hall–Kier alpha value is -3.60. The lowest BCUT2D eigenvalue weighted by Gasteiger charge is -2.12. The van der Waals surface area contributed by atoms with Crippen LogP contribution in [-0.4, -0.2) is 24.7 Å². The number of esters is 1. The van der Waals surface area contributed by atoms with E-state index in [4.69, 9.17) is 14.2 Å². The topological polar surface area (TPSA) is 57.7 Å². The van der Waals surface area contributed by atoms with Crippen LogP contribution in [0.1, 0.15) is 28.4 Å². The molecule has 3 aromatic rings. The Morgan fingerprint density at radius 3 is 2.50 bits per heavy atom. The minimum atomic E-state index is -0.472. The molecular weight excluding hydrogens is 354 g/mol. The molecule has 0 saturated carbocycles. The first-order valence-electron chi connectivity index (χ1n) is 8.91. The molecule has 0 N–H and O–H groups in total. The summed E-state index contributed by atoms with van der Waals surface area (Å²) in [6.07, 6.45) is 7.43. The van der Waals surface area contributed by atoms with E-state index in [2.05, 4.69) is 4.98 Å². The van der Waals surface area contributed by atoms with Crippen LogP contribution in [0.15, 0.2) is 67.0 Å². The SMILES string of the molecule is CCOc1cc(/C=C/c2ccncc2)ccc1OC(=O)c1cccc(OC)c1. The van der Waals surface area contributed by atoms with E-state index in [-0.39, 0.29) is 0 Å². The van der Waals surface area contributed by atoms with Crippen LogP contribution in [0.25, 0.3) is 12.2 Å². The predicted molar refractivity (Wildman–Crippen MR) is 109 cm³/mol. The van der Waals surface area contributed by atoms with Crippen molar-refractivity contribution in [1.29, 1.82) is 0 Å². The zero-order valence-corrected chi connectivity index (χ0v) is 15.8. The van der Waals surface area contributed by atoms with Crippen molar-refractivity contribution in [3.8, 4) is 17.2 Å². The highest BCUT2D eigenvalue weighted by Crippen LogP contribution is 2.30. The second kappa shape index (κ2) is 9.37. The summed E-state index contributed by atoms with van der Waals surface area (Å²) in [7, 11) is 1.55. The molecule has 0 saturated heterocycles. The third kappa shape index (κ3) is 4.98. The molecule has 1 aromatic heterocycles. The fourth-order valence-corrected chi connectivity index (χ4v) is 2.56. The molecule has 5 nitrogen and oxygen atoms in total. The molecule has 5 heteroatoms. The third-order valence-electron chi connectivity index (χ3n) is 3.95. The van der Waals surface area contributed by atoms with E-state index < -0.39 is 5.97 Å². The van der Waals surface area contributed by atoms with Gasteiger partial charge >= 0.3 is 5.97 Å². The highest BCUT2D eigenvalue weighted by molar-refractivity contribution is 5.91. The van der Waals surface area contributed by atoms with Crippen molar-refractivity contribution in [1.82, 2.24) is 4.98 Å². The van der Waals surface area contributed by atoms with Crippen molar-refractivity contribution < 1.29 is 19.0 Å². The van der Waals surface area contributed by atoms with E-state index in [9.17, 15) is 4.79 Å². The molecule has 0 bridgehead atoms. The van der Waals surface area contributed by atoms with E-state index in [1.165, 1.54) is 0 Å². The first kappa shape index (κ1) is 19.2. The van der Waals surface area contributed by atoms with Gasteiger partial charge in [0.05, 0.1) is 19.3 Å². The molecule has 0 radical (unpaired) electrons. The van der Waals surface area contributed by atoms with Gasteiger partial charge in [0.25, 0.3) is 0 Å². The maximum atomic E-state index is 12.5. The Morgan fingerprint density at radius 1 is 0.964 bits per heavy atom. The van der Waals surface area contributed by atoms with Crippen molar-refractivity contribution in [2.75, 3.05) is 13.7 Å². The van der Waals surface area contributed by atoms with Crippen molar-refractivity contribution in [3.63, 3.8) is 0 Å². The predicted octanol–water partition coefficient (Wildman–Crippen LogP) is 4.88. The van der Waals surface area contributed by atoms with Crippen LogP contribution in [-0.2, 0) is 0 Å². The van der Waals surface area contributed by atoms with Crippen LogP contribution in [0.3, 0.4) is 0 Å². The number of hydrogen-bond donors (Lipinski definition) is 0. The van der Waals surface area contributed by atoms with Crippen LogP contribution >= 0.6 is 0 Å². The monoisotopic (exact) mass is 375 g/mol. The number of nitrogens with zero attached hydrogens (tertiary/aromatic N) is 1. The Bertz CT molecular complexity index is 967. The first-order chi connectivity index (χ1) is 13.7. The molecule has 142 valence electrons. The minimum absolute atomic E-state index is 0.371. The molecule has 0 amide bonds. The van der Waals surface area contributed by atoms with Gasteiger partial charge in [0, 0.05) is 12.4 Å². The first-order valence-corrected chi connectivity index (χ1v) is 8.91. The molecule has 2 aromatic carbocycles. The molecule has 1 heterocycles. The van der Waals surface area contributed by atoms with E-state index in [0.29, 0.717) is 29.4 Å². The lowest BCUT2D eigenvalue weighted by Crippen LogP contribution is -2.10. The number of pyridine rings is 1. The number of benzene rings is 2. The van der Waals surface area contributed by atoms with Crippen molar-refractivity contribution in [2.45, 2.75) is 6.92 Å². The summed E-state index contributed by atoms with van der Waals surface area (Å²) >= 11 is 0. The number of carbonyl (C=O) groups excluding carboxylic acids is 1. The molecule has 0 fully saturated rings. The second-order valence-corrected chi connectivity index (χ2v) is 5.87. The average molecular weight is 375 g/mol. The Morgan fingerprint density at radius 2 is 1.75 bits per heavy atom. The molecular formula is C23H21NO4. The van der Waals surface area contributed by atoms with Crippen LogP contribution in [0, 0.1) is 0 Å². The average Bonchev–Trinajstić information content (AvgIpc) is 2.74. The van der Waals surface area contributed by atoms with Gasteiger partial charge in [0.15, 0.2) is 11.5 Å². The minimum Gasteiger partial charge on any atom is -0.497 e. The van der Waals surface area contributed by atoms with Crippen LogP contribution in [0.2, 0.25) is 0 Å². The summed E-state index contributed by atoms with van der Waals surface area (Å²) in [6, 6.07) is 16.1. The van der Waals surface area contributed by atoms with Gasteiger partial charge in [-0.2, -0.15) is 0 Å². The fraction of sp³-hybridized carbons (Fsp3) is 0.130. The molecule has 0 atom stereocenters. The standard InChI is InChI=1S/C23H21NO4/c1-3-27-22-15-18(8-7-17-11-13-24-14-12-17)9-10-21(22)28-23(25)19-5-4-6-20(16-19)26-2/h4-16H,3H2,1-2H3/b8-7+. The Kier molecular flexibility index (Phi) is 6.41. The van der Waals surface area contributed by atoms with Crippen molar-refractivity contribution in [2.24, 2.45) is 0 Å². The van der Waals surface area contributed by atoms with E-state index in [0.717, 1.165) is 11.1 Å². The summed E-state index contributed by atoms with van der Waals surface area (Å²) in [5.74, 6) is 1.00. The number of ether oxygens (including phenoxy) is 3. The molecule has 0 aliphatic heterocycles. The zero-order chi connectivity index (χ0) is 19.8. The lowest BCUT2D eigenvalue weighted by atomic mass is 10.1. The van der Waals surface area contributed by atoms with Gasteiger partial charge in [0.1, 0.15) is 5.75 Å². The molecule has 0 unspecified atom stereocenters. The number of hydrogen-bond acceptors (Lipinski definition) is 5. The molecule has 0 aliphatic rings. The smallest absolute Gasteiger partial charge is 0.343 e. The van der Waals surface area contributed by atoms with E-state index in [1.54, 1.807) is 49.8 Å². The van der Waals surface area contributed by atoms with Crippen LogP contribution in [0.5, 0.6) is 17.2 Å². The lowest BCUT2D eigenvalue weighted by molar-refractivity contribution is 0.0728. The molecule has 0 spiro atoms. The summed E-state index contributed by atoms with van der Waals surface area (Å²) in [5, 5.41) is 0. The van der Waals surface area contributed by atoms with Gasteiger partial charge in [-0.05, 0) is 60.5 Å². The van der Waals surface area contributed by atoms with Gasteiger partial charge in [-0.3, -0.25) is 4.98 Å². The maximum Gasteiger partial charge on any atom is 0.343 e. The van der Waals surface area contributed by atoms with E-state index in [1.807, 2.05) is 43.3 Å². The van der Waals surface area contributed by atoms with Gasteiger partial charge in [-0.1, -0.05) is 24.3 Å². The van der Waals surface area contributed by atoms with Gasteiger partial charge < -0.3 is 14.2 Å². The maximum absolute atomic E-state index is 12.5. The summed E-state index contributed by atoms with van der Waals surface area (Å²) < 4.78 is 16.4. The highest BCUT2D eigenvalue weighted by atomic mass is 16.6. The summed E-state index contributed by atoms with van der Waals surface area (Å²) in [6.45, 7) is 2.34. The summed E-state index contributed by atoms with van der Waals surface area (Å²) in [5.41, 5.74) is 2.38. The van der Waals surface area contributed by atoms with Crippen molar-refractivity contribution in [3.05, 3.63) is 83.7 Å². The van der Waals surface area contributed by atoms with Gasteiger partial charge in [0.2, 0.25) is 0 Å². The number of methoxy groups -OCH3 is 1. The number of aromatic nitrogens is 1. The number of carbonyl (C=O) groups is 1.